The summed E-state index contributed by atoms with van der Waals surface area (Å²) in [5.74, 6) is 1.62. The van der Waals surface area contributed by atoms with Crippen molar-refractivity contribution in [3.8, 4) is 0 Å². The maximum Gasteiger partial charge on any atom is 0.193 e. The lowest BCUT2D eigenvalue weighted by Crippen LogP contribution is -2.51. The van der Waals surface area contributed by atoms with Crippen molar-refractivity contribution in [1.82, 2.24) is 29.8 Å². The van der Waals surface area contributed by atoms with Crippen molar-refractivity contribution in [2.45, 2.75) is 25.3 Å². The molecule has 0 aliphatic carbocycles. The molecule has 0 aromatic carbocycles. The molecule has 148 valence electrons. The van der Waals surface area contributed by atoms with Crippen LogP contribution in [-0.2, 0) is 7.05 Å². The molecule has 26 heavy (non-hydrogen) atoms. The Balaban J connectivity index is 0.00000243. The van der Waals surface area contributed by atoms with Crippen LogP contribution >= 0.6 is 24.0 Å². The van der Waals surface area contributed by atoms with E-state index in [4.69, 9.17) is 4.99 Å². The van der Waals surface area contributed by atoms with E-state index in [9.17, 15) is 0 Å². The number of hydrogen-bond donors (Lipinski definition) is 1. The highest BCUT2D eigenvalue weighted by Crippen LogP contribution is 2.26. The topological polar surface area (TPSA) is 51.9 Å². The molecular weight excluding hydrogens is 441 g/mol. The molecule has 0 bridgehead atoms. The van der Waals surface area contributed by atoms with Crippen LogP contribution in [0.25, 0.3) is 0 Å². The van der Waals surface area contributed by atoms with E-state index < -0.39 is 0 Å². The van der Waals surface area contributed by atoms with E-state index in [1.807, 2.05) is 17.9 Å². The minimum atomic E-state index is 0. The quantitative estimate of drug-likeness (QED) is 0.401. The second-order valence-electron chi connectivity index (χ2n) is 7.47. The zero-order valence-electron chi connectivity index (χ0n) is 16.6. The normalized spacial score (nSPS) is 25.4. The van der Waals surface area contributed by atoms with Crippen LogP contribution < -0.4 is 5.32 Å². The highest BCUT2D eigenvalue weighted by Gasteiger charge is 2.28. The van der Waals surface area contributed by atoms with Crippen LogP contribution in [-0.4, -0.2) is 96.4 Å². The minimum absolute atomic E-state index is 0. The number of aliphatic imine (C=N–C) groups is 1. The van der Waals surface area contributed by atoms with Gasteiger partial charge in [0.25, 0.3) is 0 Å². The van der Waals surface area contributed by atoms with Gasteiger partial charge in [0, 0.05) is 64.5 Å². The van der Waals surface area contributed by atoms with Gasteiger partial charge >= 0.3 is 0 Å². The average molecular weight is 475 g/mol. The maximum absolute atomic E-state index is 4.98. The van der Waals surface area contributed by atoms with Crippen molar-refractivity contribution in [1.29, 1.82) is 0 Å². The van der Waals surface area contributed by atoms with Gasteiger partial charge in [-0.1, -0.05) is 0 Å². The van der Waals surface area contributed by atoms with E-state index >= 15 is 0 Å². The molecule has 0 amide bonds. The summed E-state index contributed by atoms with van der Waals surface area (Å²) in [6.07, 6.45) is 5.32. The molecule has 2 atom stereocenters. The fourth-order valence-electron chi connectivity index (χ4n) is 3.79. The monoisotopic (exact) mass is 475 g/mol. The van der Waals surface area contributed by atoms with Crippen LogP contribution in [0.1, 0.15) is 24.8 Å². The Morgan fingerprint density at radius 3 is 2.73 bits per heavy atom. The van der Waals surface area contributed by atoms with Crippen molar-refractivity contribution in [2.75, 3.05) is 59.9 Å². The van der Waals surface area contributed by atoms with Gasteiger partial charge in [0.05, 0.1) is 12.7 Å². The minimum Gasteiger partial charge on any atom is -0.357 e. The summed E-state index contributed by atoms with van der Waals surface area (Å²) in [4.78, 5) is 12.2. The molecule has 8 heteroatoms. The van der Waals surface area contributed by atoms with Gasteiger partial charge in [0.2, 0.25) is 0 Å². The molecule has 0 spiro atoms. The first-order valence-electron chi connectivity index (χ1n) is 9.47. The molecule has 2 saturated heterocycles. The fraction of sp³-hybridized carbons (Fsp3) is 0.778. The van der Waals surface area contributed by atoms with E-state index in [1.165, 1.54) is 12.0 Å². The van der Waals surface area contributed by atoms with Crippen LogP contribution in [0.15, 0.2) is 17.4 Å². The summed E-state index contributed by atoms with van der Waals surface area (Å²) >= 11 is 0. The van der Waals surface area contributed by atoms with Crippen LogP contribution in [0, 0.1) is 0 Å². The first kappa shape index (κ1) is 21.4. The third-order valence-electron chi connectivity index (χ3n) is 5.45. The Morgan fingerprint density at radius 2 is 2.04 bits per heavy atom. The van der Waals surface area contributed by atoms with Gasteiger partial charge in [0.15, 0.2) is 5.96 Å². The number of hydrogen-bond acceptors (Lipinski definition) is 4. The van der Waals surface area contributed by atoms with Gasteiger partial charge in [-0.15, -0.1) is 24.0 Å². The zero-order valence-corrected chi connectivity index (χ0v) is 18.9. The van der Waals surface area contributed by atoms with Crippen LogP contribution in [0.4, 0.5) is 0 Å². The molecule has 3 rings (SSSR count). The van der Waals surface area contributed by atoms with E-state index in [-0.39, 0.29) is 24.0 Å². The predicted octanol–water partition coefficient (Wildman–Crippen LogP) is 1.04. The molecule has 2 aliphatic heterocycles. The SMILES string of the molecule is CCNC(=NCC1CN(C)CCN1C)N1CCC(c2cnn(C)c2)C1.I. The number of nitrogens with zero attached hydrogens (tertiary/aromatic N) is 6. The van der Waals surface area contributed by atoms with Gasteiger partial charge in [-0.05, 0) is 33.0 Å². The van der Waals surface area contributed by atoms with Crippen molar-refractivity contribution in [2.24, 2.45) is 12.0 Å². The average Bonchev–Trinajstić information content (AvgIpc) is 3.23. The zero-order chi connectivity index (χ0) is 17.8. The molecule has 7 nitrogen and oxygen atoms in total. The predicted molar refractivity (Wildman–Crippen MR) is 117 cm³/mol. The number of likely N-dealkylation sites (N-methyl/N-ethyl adjacent to an activating group) is 2. The Labute approximate surface area is 174 Å². The van der Waals surface area contributed by atoms with Crippen molar-refractivity contribution in [3.05, 3.63) is 18.0 Å². The number of nitrogens with one attached hydrogen (secondary N) is 1. The smallest absolute Gasteiger partial charge is 0.193 e. The Kier molecular flexibility index (Phi) is 8.15. The molecular formula is C18H34IN7. The van der Waals surface area contributed by atoms with Crippen molar-refractivity contribution >= 4 is 29.9 Å². The summed E-state index contributed by atoms with van der Waals surface area (Å²) in [7, 11) is 6.40. The lowest BCUT2D eigenvalue weighted by molar-refractivity contribution is 0.119. The summed E-state index contributed by atoms with van der Waals surface area (Å²) < 4.78 is 1.90. The Bertz CT molecular complexity index is 588. The second kappa shape index (κ2) is 9.89. The molecule has 3 heterocycles. The molecule has 0 saturated carbocycles. The fourth-order valence-corrected chi connectivity index (χ4v) is 3.79. The van der Waals surface area contributed by atoms with Crippen LogP contribution in [0.2, 0.25) is 0 Å². The van der Waals surface area contributed by atoms with Crippen LogP contribution in [0.5, 0.6) is 0 Å². The number of guanidine groups is 1. The highest BCUT2D eigenvalue weighted by molar-refractivity contribution is 14.0. The van der Waals surface area contributed by atoms with Crippen molar-refractivity contribution < 1.29 is 0 Å². The Morgan fingerprint density at radius 1 is 1.23 bits per heavy atom. The Hall–Kier alpha value is -0.870. The van der Waals surface area contributed by atoms with E-state index in [0.29, 0.717) is 12.0 Å². The summed E-state index contributed by atoms with van der Waals surface area (Å²) in [6.45, 7) is 9.37. The van der Waals surface area contributed by atoms with Gasteiger partial charge in [-0.25, -0.2) is 0 Å². The number of rotatable bonds is 4. The summed E-state index contributed by atoms with van der Waals surface area (Å²) in [6, 6.07) is 0.504. The second-order valence-corrected chi connectivity index (χ2v) is 7.47. The molecule has 1 N–H and O–H groups in total. The molecule has 0 radical (unpaired) electrons. The van der Waals surface area contributed by atoms with Crippen LogP contribution in [0.3, 0.4) is 0 Å². The molecule has 2 unspecified atom stereocenters. The van der Waals surface area contributed by atoms with E-state index in [2.05, 4.69) is 52.3 Å². The summed E-state index contributed by atoms with van der Waals surface area (Å²) in [5, 5.41) is 7.81. The third kappa shape index (κ3) is 5.32. The number of aryl methyl sites for hydroxylation is 1. The molecule has 2 aliphatic rings. The highest BCUT2D eigenvalue weighted by atomic mass is 127. The van der Waals surface area contributed by atoms with E-state index in [0.717, 1.165) is 51.8 Å². The van der Waals surface area contributed by atoms with E-state index in [1.54, 1.807) is 0 Å². The number of piperazine rings is 1. The largest absolute Gasteiger partial charge is 0.357 e. The molecule has 1 aromatic heterocycles. The van der Waals surface area contributed by atoms with Crippen molar-refractivity contribution in [3.63, 3.8) is 0 Å². The van der Waals surface area contributed by atoms with Gasteiger partial charge < -0.3 is 15.1 Å². The first-order chi connectivity index (χ1) is 12.1. The maximum atomic E-state index is 4.98. The molecule has 2 fully saturated rings. The lowest BCUT2D eigenvalue weighted by Gasteiger charge is -2.37. The standard InChI is InChI=1S/C18H33N7.HI/c1-5-19-18(20-11-17-14-22(2)8-9-23(17)3)25-7-6-15(13-25)16-10-21-24(4)12-16;/h10,12,15,17H,5-9,11,13-14H2,1-4H3,(H,19,20);1H. The van der Waals surface area contributed by atoms with Gasteiger partial charge in [0.1, 0.15) is 0 Å². The van der Waals surface area contributed by atoms with Gasteiger partial charge in [-0.2, -0.15) is 5.10 Å². The number of halogens is 1. The first-order valence-corrected chi connectivity index (χ1v) is 9.47. The summed E-state index contributed by atoms with van der Waals surface area (Å²) in [5.41, 5.74) is 1.34. The van der Waals surface area contributed by atoms with Gasteiger partial charge in [-0.3, -0.25) is 14.6 Å². The molecule has 1 aromatic rings. The lowest BCUT2D eigenvalue weighted by atomic mass is 10.0. The number of aromatic nitrogens is 2. The third-order valence-corrected chi connectivity index (χ3v) is 5.45. The number of likely N-dealkylation sites (tertiary alicyclic amines) is 1.